The van der Waals surface area contributed by atoms with Crippen LogP contribution in [0, 0.1) is 16.8 Å². The van der Waals surface area contributed by atoms with Crippen molar-refractivity contribution in [1.82, 2.24) is 10.3 Å². The lowest BCUT2D eigenvalue weighted by Gasteiger charge is -2.37. The summed E-state index contributed by atoms with van der Waals surface area (Å²) in [4.78, 5) is 15.1. The molecule has 5 nitrogen and oxygen atoms in total. The van der Waals surface area contributed by atoms with E-state index in [0.29, 0.717) is 28.5 Å². The first-order chi connectivity index (χ1) is 13.1. The van der Waals surface area contributed by atoms with Crippen molar-refractivity contribution >= 4 is 17.7 Å². The summed E-state index contributed by atoms with van der Waals surface area (Å²) >= 11 is 5.90. The number of nitrogens with one attached hydrogen (secondary N) is 1. The second kappa shape index (κ2) is 7.59. The van der Waals surface area contributed by atoms with E-state index >= 15 is 0 Å². The van der Waals surface area contributed by atoms with Crippen molar-refractivity contribution in [1.29, 1.82) is 0 Å². The highest BCUT2D eigenvalue weighted by Crippen LogP contribution is 2.53. The largest absolute Gasteiger partial charge is 0.491 e. The first-order valence-corrected chi connectivity index (χ1v) is 9.52. The van der Waals surface area contributed by atoms with Crippen molar-refractivity contribution in [2.45, 2.75) is 39.7 Å². The van der Waals surface area contributed by atoms with Crippen LogP contribution in [0.15, 0.2) is 36.5 Å². The van der Waals surface area contributed by atoms with Gasteiger partial charge in [-0.1, -0.05) is 44.5 Å². The first kappa shape index (κ1) is 20.4. The predicted octanol–water partition coefficient (Wildman–Crippen LogP) is 5.38. The van der Waals surface area contributed by atoms with E-state index in [4.69, 9.17) is 16.3 Å². The van der Waals surface area contributed by atoms with E-state index in [-0.39, 0.29) is 16.9 Å². The average molecular weight is 407 g/mol. The van der Waals surface area contributed by atoms with E-state index in [2.05, 4.69) is 10.3 Å². The van der Waals surface area contributed by atoms with Gasteiger partial charge in [0.15, 0.2) is 0 Å². The summed E-state index contributed by atoms with van der Waals surface area (Å²) in [5, 5.41) is 12.5. The molecule has 1 aromatic heterocycles. The molecule has 150 valence electrons. The predicted molar refractivity (Wildman–Crippen MR) is 106 cm³/mol. The summed E-state index contributed by atoms with van der Waals surface area (Å²) in [6.07, 6.45) is 2.04. The average Bonchev–Trinajstić information content (AvgIpc) is 3.40. The van der Waals surface area contributed by atoms with Gasteiger partial charge < -0.3 is 15.2 Å². The van der Waals surface area contributed by atoms with Gasteiger partial charge in [-0.05, 0) is 42.0 Å². The van der Waals surface area contributed by atoms with Gasteiger partial charge in [0.1, 0.15) is 5.75 Å². The molecule has 0 saturated heterocycles. The van der Waals surface area contributed by atoms with Crippen molar-refractivity contribution in [3.63, 3.8) is 0 Å². The topological polar surface area (TPSA) is 71.5 Å². The van der Waals surface area contributed by atoms with E-state index in [1.54, 1.807) is 30.3 Å². The Kier molecular flexibility index (Phi) is 5.53. The molecule has 2 N–H and O–H groups in total. The summed E-state index contributed by atoms with van der Waals surface area (Å²) in [5.74, 6) is -0.142. The van der Waals surface area contributed by atoms with E-state index < -0.39 is 12.0 Å². The number of carbonyl (C=O) groups is 1. The van der Waals surface area contributed by atoms with Gasteiger partial charge in [0.25, 0.3) is 0 Å². The minimum Gasteiger partial charge on any atom is -0.491 e. The van der Waals surface area contributed by atoms with E-state index in [0.717, 1.165) is 12.8 Å². The van der Waals surface area contributed by atoms with Crippen LogP contribution in [-0.2, 0) is 0 Å². The molecule has 1 aliphatic rings. The fraction of sp³-hybridized carbons (Fsp3) is 0.429. The Morgan fingerprint density at radius 1 is 1.36 bits per heavy atom. The summed E-state index contributed by atoms with van der Waals surface area (Å²) in [5.41, 5.74) is 0.454. The van der Waals surface area contributed by atoms with Crippen LogP contribution in [0.25, 0.3) is 11.1 Å². The maximum atomic E-state index is 14.2. The molecule has 2 aromatic rings. The van der Waals surface area contributed by atoms with Crippen molar-refractivity contribution in [2.75, 3.05) is 6.61 Å². The molecule has 0 radical (unpaired) electrons. The number of hydrogen-bond donors (Lipinski definition) is 2. The Labute approximate surface area is 168 Å². The third-order valence-corrected chi connectivity index (χ3v) is 5.39. The molecular formula is C21H24ClFN2O3. The van der Waals surface area contributed by atoms with Gasteiger partial charge in [0, 0.05) is 22.0 Å². The van der Waals surface area contributed by atoms with Crippen LogP contribution in [0.3, 0.4) is 0 Å². The number of carboxylic acid groups (broad SMARTS) is 1. The zero-order chi connectivity index (χ0) is 20.5. The third-order valence-electron chi connectivity index (χ3n) is 5.13. The number of amides is 1. The van der Waals surface area contributed by atoms with Gasteiger partial charge >= 0.3 is 6.09 Å². The fourth-order valence-corrected chi connectivity index (χ4v) is 3.78. The molecule has 0 bridgehead atoms. The number of benzene rings is 1. The van der Waals surface area contributed by atoms with Crippen molar-refractivity contribution in [2.24, 2.45) is 10.8 Å². The SMILES string of the molecule is CC(C)(C)C(NC(=O)O)C1(COc2cnc(F)c(-c3ccc(Cl)cc3)c2)CC1. The maximum absolute atomic E-state index is 14.2. The quantitative estimate of drug-likeness (QED) is 0.631. The van der Waals surface area contributed by atoms with Gasteiger partial charge in [0.05, 0.1) is 12.8 Å². The Hall–Kier alpha value is -2.34. The molecule has 0 aliphatic heterocycles. The number of nitrogens with zero attached hydrogens (tertiary/aromatic N) is 1. The van der Waals surface area contributed by atoms with Crippen LogP contribution >= 0.6 is 11.6 Å². The van der Waals surface area contributed by atoms with Crippen LogP contribution < -0.4 is 10.1 Å². The monoisotopic (exact) mass is 406 g/mol. The van der Waals surface area contributed by atoms with Gasteiger partial charge in [-0.2, -0.15) is 4.39 Å². The summed E-state index contributed by atoms with van der Waals surface area (Å²) in [6, 6.07) is 8.19. The second-order valence-electron chi connectivity index (χ2n) is 8.42. The lowest BCUT2D eigenvalue weighted by molar-refractivity contribution is 0.110. The van der Waals surface area contributed by atoms with E-state index in [9.17, 15) is 14.3 Å². The molecule has 7 heteroatoms. The van der Waals surface area contributed by atoms with Crippen molar-refractivity contribution in [3.05, 3.63) is 47.5 Å². The molecule has 1 heterocycles. The number of halogens is 2. The van der Waals surface area contributed by atoms with Crippen molar-refractivity contribution < 1.29 is 19.0 Å². The highest BCUT2D eigenvalue weighted by molar-refractivity contribution is 6.30. The molecule has 0 spiro atoms. The van der Waals surface area contributed by atoms with Crippen LogP contribution in [0.5, 0.6) is 5.75 Å². The summed E-state index contributed by atoms with van der Waals surface area (Å²) < 4.78 is 20.1. The number of pyridine rings is 1. The molecule has 3 rings (SSSR count). The van der Waals surface area contributed by atoms with Crippen LogP contribution in [0.4, 0.5) is 9.18 Å². The standard InChI is InChI=1S/C21H24ClFN2O3/c1-20(2,3)18(25-19(26)27)21(8-9-21)12-28-15-10-16(17(23)24-11-15)13-4-6-14(22)7-5-13/h4-7,10-11,18,25H,8-9,12H2,1-3H3,(H,26,27). The second-order valence-corrected chi connectivity index (χ2v) is 8.85. The van der Waals surface area contributed by atoms with E-state index in [1.807, 2.05) is 20.8 Å². The number of rotatable bonds is 6. The molecule has 1 saturated carbocycles. The zero-order valence-corrected chi connectivity index (χ0v) is 16.9. The highest BCUT2D eigenvalue weighted by Gasteiger charge is 2.54. The maximum Gasteiger partial charge on any atom is 0.404 e. The lowest BCUT2D eigenvalue weighted by Crippen LogP contribution is -2.51. The van der Waals surface area contributed by atoms with Crippen LogP contribution in [0.1, 0.15) is 33.6 Å². The van der Waals surface area contributed by atoms with Gasteiger partial charge in [-0.25, -0.2) is 9.78 Å². The Morgan fingerprint density at radius 2 is 2.00 bits per heavy atom. The molecule has 1 aliphatic carbocycles. The van der Waals surface area contributed by atoms with E-state index in [1.165, 1.54) is 6.20 Å². The Morgan fingerprint density at radius 3 is 2.54 bits per heavy atom. The Bertz CT molecular complexity index is 861. The number of ether oxygens (including phenoxy) is 1. The molecule has 1 unspecified atom stereocenters. The number of hydrogen-bond acceptors (Lipinski definition) is 3. The molecule has 1 amide bonds. The van der Waals surface area contributed by atoms with Gasteiger partial charge in [-0.15, -0.1) is 0 Å². The molecule has 1 aromatic carbocycles. The normalized spacial score (nSPS) is 16.3. The number of aromatic nitrogens is 1. The third kappa shape index (κ3) is 4.55. The molecule has 1 fully saturated rings. The summed E-state index contributed by atoms with van der Waals surface area (Å²) in [6.45, 7) is 6.35. The molecule has 28 heavy (non-hydrogen) atoms. The van der Waals surface area contributed by atoms with Crippen molar-refractivity contribution in [3.8, 4) is 16.9 Å². The minimum absolute atomic E-state index is 0.248. The lowest BCUT2D eigenvalue weighted by atomic mass is 9.77. The molecular weight excluding hydrogens is 383 g/mol. The van der Waals surface area contributed by atoms with Gasteiger partial charge in [0.2, 0.25) is 5.95 Å². The fourth-order valence-electron chi connectivity index (χ4n) is 3.66. The first-order valence-electron chi connectivity index (χ1n) is 9.14. The minimum atomic E-state index is -1.04. The zero-order valence-electron chi connectivity index (χ0n) is 16.1. The summed E-state index contributed by atoms with van der Waals surface area (Å²) in [7, 11) is 0. The van der Waals surface area contributed by atoms with Crippen LogP contribution in [-0.4, -0.2) is 28.8 Å². The smallest absolute Gasteiger partial charge is 0.404 e. The van der Waals surface area contributed by atoms with Gasteiger partial charge in [-0.3, -0.25) is 0 Å². The molecule has 1 atom stereocenters. The highest BCUT2D eigenvalue weighted by atomic mass is 35.5. The Balaban J connectivity index is 1.78. The van der Waals surface area contributed by atoms with Crippen LogP contribution in [0.2, 0.25) is 5.02 Å².